The minimum Gasteiger partial charge on any atom is -0.341 e. The van der Waals surface area contributed by atoms with E-state index in [9.17, 15) is 9.59 Å². The lowest BCUT2D eigenvalue weighted by Gasteiger charge is -2.32. The normalized spacial score (nSPS) is 15.1. The number of carbonyl (C=O) groups excluding carboxylic acids is 1. The van der Waals surface area contributed by atoms with Crippen LogP contribution in [0.1, 0.15) is 30.1 Å². The predicted octanol–water partition coefficient (Wildman–Crippen LogP) is 2.55. The molecule has 0 bridgehead atoms. The van der Waals surface area contributed by atoms with Gasteiger partial charge in [-0.25, -0.2) is 15.0 Å². The van der Waals surface area contributed by atoms with E-state index < -0.39 is 0 Å². The number of fused-ring (bicyclic) bond motifs is 1. The quantitative estimate of drug-likeness (QED) is 0.678. The van der Waals surface area contributed by atoms with E-state index >= 15 is 0 Å². The summed E-state index contributed by atoms with van der Waals surface area (Å²) < 4.78 is 1.35. The maximum absolute atomic E-state index is 12.6. The molecule has 7 nitrogen and oxygen atoms in total. The zero-order chi connectivity index (χ0) is 19.7. The molecule has 0 aromatic carbocycles. The zero-order valence-electron chi connectivity index (χ0n) is 15.5. The first kappa shape index (κ1) is 18.6. The number of likely N-dealkylation sites (tertiary alicyclic amines) is 1. The van der Waals surface area contributed by atoms with Gasteiger partial charge in [0.15, 0.2) is 5.65 Å². The van der Waals surface area contributed by atoms with Crippen LogP contribution in [-0.4, -0.2) is 43.4 Å². The molecule has 0 spiro atoms. The Balaban J connectivity index is 1.40. The molecule has 144 valence electrons. The van der Waals surface area contributed by atoms with Gasteiger partial charge in [0.25, 0.3) is 5.56 Å². The largest absolute Gasteiger partial charge is 0.341 e. The highest BCUT2D eigenvalue weighted by Gasteiger charge is 2.25. The van der Waals surface area contributed by atoms with Crippen LogP contribution >= 0.6 is 11.6 Å². The van der Waals surface area contributed by atoms with Crippen LogP contribution in [0.4, 0.5) is 0 Å². The first-order chi connectivity index (χ1) is 13.5. The van der Waals surface area contributed by atoms with Crippen LogP contribution in [0, 0.1) is 6.92 Å². The van der Waals surface area contributed by atoms with Crippen LogP contribution in [0.3, 0.4) is 0 Å². The third-order valence-corrected chi connectivity index (χ3v) is 5.32. The Morgan fingerprint density at radius 1 is 1.21 bits per heavy atom. The van der Waals surface area contributed by atoms with Gasteiger partial charge < -0.3 is 4.90 Å². The number of aryl methyl sites for hydroxylation is 1. The highest BCUT2D eigenvalue weighted by Crippen LogP contribution is 2.28. The second-order valence-corrected chi connectivity index (χ2v) is 7.52. The van der Waals surface area contributed by atoms with Crippen molar-refractivity contribution >= 4 is 28.5 Å². The Kier molecular flexibility index (Phi) is 5.09. The van der Waals surface area contributed by atoms with E-state index in [0.29, 0.717) is 29.5 Å². The summed E-state index contributed by atoms with van der Waals surface area (Å²) in [5, 5.41) is 1.51. The summed E-state index contributed by atoms with van der Waals surface area (Å²) in [6.45, 7) is 3.07. The summed E-state index contributed by atoms with van der Waals surface area (Å²) in [7, 11) is 0. The molecular weight excluding hydrogens is 378 g/mol. The molecule has 0 atom stereocenters. The fourth-order valence-corrected chi connectivity index (χ4v) is 3.70. The number of nitrogens with zero attached hydrogens (tertiary/aromatic N) is 5. The average Bonchev–Trinajstić information content (AvgIpc) is 2.70. The smallest absolute Gasteiger partial charge is 0.253 e. The molecule has 28 heavy (non-hydrogen) atoms. The van der Waals surface area contributed by atoms with Crippen LogP contribution in [-0.2, 0) is 11.3 Å². The molecule has 1 amide bonds. The van der Waals surface area contributed by atoms with Gasteiger partial charge in [0.05, 0.1) is 11.3 Å². The van der Waals surface area contributed by atoms with E-state index in [-0.39, 0.29) is 23.9 Å². The molecule has 4 heterocycles. The first-order valence-electron chi connectivity index (χ1n) is 9.22. The van der Waals surface area contributed by atoms with E-state index in [1.807, 2.05) is 23.1 Å². The molecule has 1 saturated heterocycles. The summed E-state index contributed by atoms with van der Waals surface area (Å²) in [5.41, 5.74) is 2.12. The molecule has 1 aliphatic heterocycles. The Morgan fingerprint density at radius 2 is 2.00 bits per heavy atom. The third-order valence-electron chi connectivity index (χ3n) is 5.12. The standard InChI is InChI=1S/C20H20ClN5O2/c1-13-8-18(27)26(12-23-13)11-19(28)25-6-4-14(5-7-25)17-3-2-15-9-16(21)10-22-20(15)24-17/h2-3,8-10,12,14H,4-7,11H2,1H3. The number of amides is 1. The monoisotopic (exact) mass is 397 g/mol. The van der Waals surface area contributed by atoms with E-state index in [1.54, 1.807) is 13.1 Å². The van der Waals surface area contributed by atoms with Crippen LogP contribution in [0.15, 0.2) is 41.6 Å². The molecule has 8 heteroatoms. The van der Waals surface area contributed by atoms with Gasteiger partial charge in [-0.15, -0.1) is 0 Å². The summed E-state index contributed by atoms with van der Waals surface area (Å²) in [5.74, 6) is 0.226. The molecular formula is C20H20ClN5O2. The average molecular weight is 398 g/mol. The second-order valence-electron chi connectivity index (χ2n) is 7.09. The fraction of sp³-hybridized carbons (Fsp3) is 0.350. The molecule has 1 fully saturated rings. The van der Waals surface area contributed by atoms with Crippen molar-refractivity contribution in [2.24, 2.45) is 0 Å². The first-order valence-corrected chi connectivity index (χ1v) is 9.60. The SMILES string of the molecule is Cc1cc(=O)n(CC(=O)N2CCC(c3ccc4cc(Cl)cnc4n3)CC2)cn1. The molecule has 0 aliphatic carbocycles. The van der Waals surface area contributed by atoms with Crippen LogP contribution in [0.5, 0.6) is 0 Å². The summed E-state index contributed by atoms with van der Waals surface area (Å²) in [6, 6.07) is 7.29. The van der Waals surface area contributed by atoms with E-state index in [1.165, 1.54) is 17.0 Å². The number of aromatic nitrogens is 4. The molecule has 4 rings (SSSR count). The molecule has 3 aromatic rings. The van der Waals surface area contributed by atoms with Gasteiger partial charge in [0.1, 0.15) is 6.54 Å². The lowest BCUT2D eigenvalue weighted by molar-refractivity contribution is -0.133. The highest BCUT2D eigenvalue weighted by molar-refractivity contribution is 6.31. The summed E-state index contributed by atoms with van der Waals surface area (Å²) >= 11 is 5.98. The Bertz CT molecular complexity index is 1090. The lowest BCUT2D eigenvalue weighted by atomic mass is 9.93. The van der Waals surface area contributed by atoms with Crippen LogP contribution in [0.25, 0.3) is 11.0 Å². The number of halogens is 1. The van der Waals surface area contributed by atoms with Gasteiger partial charge in [0, 0.05) is 48.0 Å². The van der Waals surface area contributed by atoms with Crippen molar-refractivity contribution in [2.75, 3.05) is 13.1 Å². The number of rotatable bonds is 3. The molecule has 3 aromatic heterocycles. The fourth-order valence-electron chi connectivity index (χ4n) is 3.53. The van der Waals surface area contributed by atoms with Gasteiger partial charge in [-0.3, -0.25) is 14.2 Å². The van der Waals surface area contributed by atoms with E-state index in [4.69, 9.17) is 11.6 Å². The summed E-state index contributed by atoms with van der Waals surface area (Å²) in [4.78, 5) is 39.4. The minimum atomic E-state index is -0.205. The molecule has 0 N–H and O–H groups in total. The van der Waals surface area contributed by atoms with Gasteiger partial charge in [-0.05, 0) is 38.0 Å². The molecule has 1 aliphatic rings. The van der Waals surface area contributed by atoms with E-state index in [2.05, 4.69) is 15.0 Å². The number of carbonyl (C=O) groups is 1. The molecule has 0 unspecified atom stereocenters. The van der Waals surface area contributed by atoms with Gasteiger partial charge in [-0.2, -0.15) is 0 Å². The number of hydrogen-bond donors (Lipinski definition) is 0. The zero-order valence-corrected chi connectivity index (χ0v) is 16.3. The maximum atomic E-state index is 12.6. The minimum absolute atomic E-state index is 0.0235. The number of piperidine rings is 1. The van der Waals surface area contributed by atoms with Gasteiger partial charge >= 0.3 is 0 Å². The summed E-state index contributed by atoms with van der Waals surface area (Å²) in [6.07, 6.45) is 4.70. The second kappa shape index (κ2) is 7.67. The predicted molar refractivity (Wildman–Crippen MR) is 106 cm³/mol. The molecule has 0 radical (unpaired) electrons. The van der Waals surface area contributed by atoms with Crippen LogP contribution in [0.2, 0.25) is 5.02 Å². The third kappa shape index (κ3) is 3.89. The Labute approximate surface area is 167 Å². The van der Waals surface area contributed by atoms with Gasteiger partial charge in [-0.1, -0.05) is 11.6 Å². The van der Waals surface area contributed by atoms with Crippen molar-refractivity contribution in [3.63, 3.8) is 0 Å². The van der Waals surface area contributed by atoms with Gasteiger partial charge in [0.2, 0.25) is 5.91 Å². The van der Waals surface area contributed by atoms with Crippen molar-refractivity contribution in [1.29, 1.82) is 0 Å². The van der Waals surface area contributed by atoms with Crippen molar-refractivity contribution in [1.82, 2.24) is 24.4 Å². The lowest BCUT2D eigenvalue weighted by Crippen LogP contribution is -2.41. The Hall–Kier alpha value is -2.80. The van der Waals surface area contributed by atoms with E-state index in [0.717, 1.165) is 23.9 Å². The number of hydrogen-bond acceptors (Lipinski definition) is 5. The topological polar surface area (TPSA) is 81.0 Å². The van der Waals surface area contributed by atoms with Crippen molar-refractivity contribution in [2.45, 2.75) is 32.2 Å². The highest BCUT2D eigenvalue weighted by atomic mass is 35.5. The molecule has 0 saturated carbocycles. The Morgan fingerprint density at radius 3 is 2.75 bits per heavy atom. The van der Waals surface area contributed by atoms with Crippen LogP contribution < -0.4 is 5.56 Å². The van der Waals surface area contributed by atoms with Crippen molar-refractivity contribution < 1.29 is 4.79 Å². The maximum Gasteiger partial charge on any atom is 0.253 e. The van der Waals surface area contributed by atoms with Crippen molar-refractivity contribution in [3.05, 3.63) is 63.6 Å². The van der Waals surface area contributed by atoms with Crippen molar-refractivity contribution in [3.8, 4) is 0 Å². The number of pyridine rings is 2.